The highest BCUT2D eigenvalue weighted by molar-refractivity contribution is 9.10. The average Bonchev–Trinajstić information content (AvgIpc) is 2.70. The van der Waals surface area contributed by atoms with Crippen molar-refractivity contribution in [1.82, 2.24) is 5.01 Å². The van der Waals surface area contributed by atoms with Crippen LogP contribution in [0.2, 0.25) is 0 Å². The molecule has 0 atom stereocenters. The molecule has 0 saturated carbocycles. The molecule has 0 aliphatic rings. The third kappa shape index (κ3) is 6.23. The smallest absolute Gasteiger partial charge is 0.440 e. The lowest BCUT2D eigenvalue weighted by molar-refractivity contribution is 0.0823. The van der Waals surface area contributed by atoms with Crippen molar-refractivity contribution in [3.05, 3.63) is 68.6 Å². The minimum absolute atomic E-state index is 0.0263. The fraction of sp³-hybridized carbons (Fsp3) is 0.200. The molecular formula is C20H18Br2N2O5. The molecule has 0 aliphatic carbocycles. The Morgan fingerprint density at radius 3 is 1.62 bits per heavy atom. The number of carbonyl (C=O) groups is 3. The van der Waals surface area contributed by atoms with E-state index in [1.54, 1.807) is 62.4 Å². The molecule has 9 heteroatoms. The van der Waals surface area contributed by atoms with Gasteiger partial charge in [-0.1, -0.05) is 49.0 Å². The number of hydrazone groups is 1. The Kier molecular flexibility index (Phi) is 8.53. The summed E-state index contributed by atoms with van der Waals surface area (Å²) in [5, 5.41) is 4.45. The molecule has 0 radical (unpaired) electrons. The summed E-state index contributed by atoms with van der Waals surface area (Å²) in [7, 11) is 0. The van der Waals surface area contributed by atoms with E-state index in [1.165, 1.54) is 0 Å². The number of benzene rings is 2. The number of amides is 2. The van der Waals surface area contributed by atoms with Crippen molar-refractivity contribution >= 4 is 55.5 Å². The van der Waals surface area contributed by atoms with E-state index in [1.807, 2.05) is 0 Å². The first-order valence-corrected chi connectivity index (χ1v) is 10.2. The predicted molar refractivity (Wildman–Crippen MR) is 115 cm³/mol. The Labute approximate surface area is 184 Å². The molecule has 0 heterocycles. The molecule has 29 heavy (non-hydrogen) atoms. The molecule has 0 N–H and O–H groups in total. The SMILES string of the molecule is CCOC(=O)N(/N=C(/C(=O)c1ccc(Br)cc1)c1ccc(Br)cc1)C(=O)OCC. The van der Waals surface area contributed by atoms with Crippen LogP contribution >= 0.6 is 31.9 Å². The largest absolute Gasteiger partial charge is 0.448 e. The van der Waals surface area contributed by atoms with Crippen molar-refractivity contribution in [1.29, 1.82) is 0 Å². The summed E-state index contributed by atoms with van der Waals surface area (Å²) < 4.78 is 11.4. The molecule has 0 aliphatic heterocycles. The lowest BCUT2D eigenvalue weighted by Crippen LogP contribution is -2.36. The second kappa shape index (κ2) is 10.9. The number of Topliss-reactive ketones (excluding diaryl/α,β-unsaturated/α-hetero) is 1. The molecular weight excluding hydrogens is 508 g/mol. The van der Waals surface area contributed by atoms with Crippen LogP contribution in [0.4, 0.5) is 9.59 Å². The number of rotatable bonds is 6. The highest BCUT2D eigenvalue weighted by Crippen LogP contribution is 2.17. The van der Waals surface area contributed by atoms with E-state index >= 15 is 0 Å². The minimum Gasteiger partial charge on any atom is -0.448 e. The van der Waals surface area contributed by atoms with Crippen LogP contribution in [0, 0.1) is 0 Å². The minimum atomic E-state index is -1.04. The fourth-order valence-electron chi connectivity index (χ4n) is 2.21. The second-order valence-corrected chi connectivity index (χ2v) is 7.33. The van der Waals surface area contributed by atoms with Gasteiger partial charge in [0.1, 0.15) is 5.71 Å². The molecule has 2 rings (SSSR count). The van der Waals surface area contributed by atoms with Crippen LogP contribution in [-0.4, -0.2) is 41.9 Å². The highest BCUT2D eigenvalue weighted by Gasteiger charge is 2.27. The number of nitrogens with zero attached hydrogens (tertiary/aromatic N) is 2. The first-order valence-electron chi connectivity index (χ1n) is 8.65. The Bertz CT molecular complexity index is 893. The van der Waals surface area contributed by atoms with E-state index in [0.717, 1.165) is 8.95 Å². The zero-order valence-corrected chi connectivity index (χ0v) is 18.9. The van der Waals surface area contributed by atoms with E-state index in [9.17, 15) is 14.4 Å². The zero-order valence-electron chi connectivity index (χ0n) is 15.7. The number of halogens is 2. The van der Waals surface area contributed by atoms with Gasteiger partial charge in [0.15, 0.2) is 0 Å². The molecule has 0 bridgehead atoms. The maximum absolute atomic E-state index is 13.1. The molecule has 2 aromatic carbocycles. The van der Waals surface area contributed by atoms with Crippen LogP contribution in [0.3, 0.4) is 0 Å². The third-order valence-electron chi connectivity index (χ3n) is 3.52. The topological polar surface area (TPSA) is 85.3 Å². The van der Waals surface area contributed by atoms with Gasteiger partial charge in [-0.15, -0.1) is 0 Å². The summed E-state index contributed by atoms with van der Waals surface area (Å²) in [5.74, 6) is -0.474. The number of ketones is 1. The molecule has 7 nitrogen and oxygen atoms in total. The first kappa shape index (κ1) is 22.8. The number of hydrogen-bond donors (Lipinski definition) is 0. The van der Waals surface area contributed by atoms with Gasteiger partial charge in [-0.25, -0.2) is 9.59 Å². The summed E-state index contributed by atoms with van der Waals surface area (Å²) in [6.07, 6.45) is -2.08. The average molecular weight is 526 g/mol. The van der Waals surface area contributed by atoms with Gasteiger partial charge in [-0.3, -0.25) is 4.79 Å². The van der Waals surface area contributed by atoms with Gasteiger partial charge in [0.25, 0.3) is 0 Å². The van der Waals surface area contributed by atoms with Gasteiger partial charge >= 0.3 is 12.2 Å². The first-order chi connectivity index (χ1) is 13.9. The lowest BCUT2D eigenvalue weighted by atomic mass is 10.0. The normalized spacial score (nSPS) is 11.0. The number of hydrogen-bond acceptors (Lipinski definition) is 6. The Hall–Kier alpha value is -2.52. The van der Waals surface area contributed by atoms with Gasteiger partial charge in [0.2, 0.25) is 5.78 Å². The maximum atomic E-state index is 13.1. The summed E-state index contributed by atoms with van der Waals surface area (Å²) in [6.45, 7) is 3.23. The van der Waals surface area contributed by atoms with Crippen molar-refractivity contribution in [2.24, 2.45) is 5.10 Å². The summed E-state index contributed by atoms with van der Waals surface area (Å²) in [5.41, 5.74) is 0.642. The predicted octanol–water partition coefficient (Wildman–Crippen LogP) is 5.41. The third-order valence-corrected chi connectivity index (χ3v) is 4.58. The van der Waals surface area contributed by atoms with E-state index in [2.05, 4.69) is 37.0 Å². The maximum Gasteiger partial charge on any atom is 0.440 e. The van der Waals surface area contributed by atoms with Gasteiger partial charge < -0.3 is 9.47 Å². The van der Waals surface area contributed by atoms with Crippen LogP contribution in [0.15, 0.2) is 62.6 Å². The van der Waals surface area contributed by atoms with Crippen LogP contribution in [0.25, 0.3) is 0 Å². The van der Waals surface area contributed by atoms with E-state index < -0.39 is 18.0 Å². The van der Waals surface area contributed by atoms with Gasteiger partial charge in [0, 0.05) is 20.1 Å². The van der Waals surface area contributed by atoms with E-state index in [-0.39, 0.29) is 18.9 Å². The molecule has 0 spiro atoms. The summed E-state index contributed by atoms with van der Waals surface area (Å²) >= 11 is 6.65. The Balaban J connectivity index is 2.57. The van der Waals surface area contributed by atoms with Gasteiger partial charge in [0.05, 0.1) is 13.2 Å². The lowest BCUT2D eigenvalue weighted by Gasteiger charge is -2.16. The van der Waals surface area contributed by atoms with Crippen LogP contribution in [-0.2, 0) is 9.47 Å². The van der Waals surface area contributed by atoms with Crippen molar-refractivity contribution < 1.29 is 23.9 Å². The molecule has 0 saturated heterocycles. The zero-order chi connectivity index (χ0) is 21.4. The Morgan fingerprint density at radius 2 is 1.21 bits per heavy atom. The van der Waals surface area contributed by atoms with Crippen molar-refractivity contribution in [2.75, 3.05) is 13.2 Å². The van der Waals surface area contributed by atoms with E-state index in [4.69, 9.17) is 9.47 Å². The number of carbonyl (C=O) groups excluding carboxylic acids is 3. The standard InChI is InChI=1S/C20H18Br2N2O5/c1-3-28-19(26)24(20(27)29-4-2)23-17(13-5-9-15(21)10-6-13)18(25)14-7-11-16(22)12-8-14/h5-12H,3-4H2,1-2H3/b23-17+. The molecule has 2 amide bonds. The van der Waals surface area contributed by atoms with E-state index in [0.29, 0.717) is 16.1 Å². The fourth-order valence-corrected chi connectivity index (χ4v) is 2.73. The van der Waals surface area contributed by atoms with Gasteiger partial charge in [-0.05, 0) is 50.2 Å². The quantitative estimate of drug-likeness (QED) is 0.286. The summed E-state index contributed by atoms with van der Waals surface area (Å²) in [4.78, 5) is 37.7. The molecule has 2 aromatic rings. The van der Waals surface area contributed by atoms with Crippen LogP contribution in [0.1, 0.15) is 29.8 Å². The van der Waals surface area contributed by atoms with Crippen LogP contribution in [0.5, 0.6) is 0 Å². The Morgan fingerprint density at radius 1 is 0.793 bits per heavy atom. The number of imide groups is 1. The van der Waals surface area contributed by atoms with Crippen LogP contribution < -0.4 is 0 Å². The molecule has 0 fully saturated rings. The highest BCUT2D eigenvalue weighted by atomic mass is 79.9. The van der Waals surface area contributed by atoms with Crippen molar-refractivity contribution in [3.8, 4) is 0 Å². The molecule has 0 unspecified atom stereocenters. The van der Waals surface area contributed by atoms with Crippen molar-refractivity contribution in [3.63, 3.8) is 0 Å². The molecule has 152 valence electrons. The monoisotopic (exact) mass is 524 g/mol. The molecule has 0 aromatic heterocycles. The number of ether oxygens (including phenoxy) is 2. The van der Waals surface area contributed by atoms with Gasteiger partial charge in [-0.2, -0.15) is 5.10 Å². The van der Waals surface area contributed by atoms with Crippen molar-refractivity contribution in [2.45, 2.75) is 13.8 Å². The summed E-state index contributed by atoms with van der Waals surface area (Å²) in [6, 6.07) is 13.4. The second-order valence-electron chi connectivity index (χ2n) is 5.50.